The second-order valence-corrected chi connectivity index (χ2v) is 9.44. The number of nitrogens with one attached hydrogen (secondary N) is 1. The minimum atomic E-state index is 0.152. The van der Waals surface area contributed by atoms with Crippen molar-refractivity contribution in [2.45, 2.75) is 24.0 Å². The van der Waals surface area contributed by atoms with Gasteiger partial charge in [-0.1, -0.05) is 36.0 Å². The molecule has 6 rings (SSSR count). The SMILES string of the molecule is O=C(CSc1nnc(-c2c[nH]c3ccccc23)n1C1CC1)N1CCN(c2ccccn2)CC1. The fourth-order valence-corrected chi connectivity index (χ4v) is 5.33. The van der Waals surface area contributed by atoms with E-state index in [0.29, 0.717) is 24.9 Å². The molecule has 4 aromatic rings. The number of amides is 1. The molecule has 2 aliphatic rings. The van der Waals surface area contributed by atoms with Crippen LogP contribution >= 0.6 is 11.8 Å². The number of carbonyl (C=O) groups is 1. The monoisotopic (exact) mass is 459 g/mol. The number of rotatable bonds is 6. The van der Waals surface area contributed by atoms with E-state index in [1.54, 1.807) is 0 Å². The Labute approximate surface area is 196 Å². The lowest BCUT2D eigenvalue weighted by atomic mass is 10.1. The number of H-pyrrole nitrogens is 1. The predicted molar refractivity (Wildman–Crippen MR) is 129 cm³/mol. The Morgan fingerprint density at radius 3 is 2.64 bits per heavy atom. The lowest BCUT2D eigenvalue weighted by Gasteiger charge is -2.35. The molecule has 3 aromatic heterocycles. The van der Waals surface area contributed by atoms with Crippen molar-refractivity contribution >= 4 is 34.4 Å². The van der Waals surface area contributed by atoms with Gasteiger partial charge in [-0.2, -0.15) is 0 Å². The highest BCUT2D eigenvalue weighted by molar-refractivity contribution is 7.99. The first-order valence-electron chi connectivity index (χ1n) is 11.4. The summed E-state index contributed by atoms with van der Waals surface area (Å²) in [6.07, 6.45) is 6.08. The van der Waals surface area contributed by atoms with Crippen LogP contribution in [0.1, 0.15) is 18.9 Å². The number of para-hydroxylation sites is 1. The number of nitrogens with zero attached hydrogens (tertiary/aromatic N) is 6. The van der Waals surface area contributed by atoms with Gasteiger partial charge < -0.3 is 14.8 Å². The summed E-state index contributed by atoms with van der Waals surface area (Å²) in [5, 5.41) is 11.0. The maximum Gasteiger partial charge on any atom is 0.233 e. The summed E-state index contributed by atoms with van der Waals surface area (Å²) in [5.41, 5.74) is 2.15. The maximum atomic E-state index is 12.9. The number of hydrogen-bond acceptors (Lipinski definition) is 6. The van der Waals surface area contributed by atoms with Gasteiger partial charge in [-0.05, 0) is 31.0 Å². The minimum absolute atomic E-state index is 0.152. The number of anilines is 1. The summed E-state index contributed by atoms with van der Waals surface area (Å²) in [7, 11) is 0. The molecule has 0 radical (unpaired) electrons. The number of thioether (sulfide) groups is 1. The van der Waals surface area contributed by atoms with Gasteiger partial charge in [0.15, 0.2) is 11.0 Å². The Morgan fingerprint density at radius 2 is 1.85 bits per heavy atom. The Morgan fingerprint density at radius 1 is 1.03 bits per heavy atom. The number of fused-ring (bicyclic) bond motifs is 1. The molecule has 1 saturated carbocycles. The van der Waals surface area contributed by atoms with Gasteiger partial charge in [-0.3, -0.25) is 9.36 Å². The second kappa shape index (κ2) is 8.55. The van der Waals surface area contributed by atoms with E-state index in [-0.39, 0.29) is 5.91 Å². The summed E-state index contributed by atoms with van der Waals surface area (Å²) in [6, 6.07) is 14.6. The zero-order valence-electron chi connectivity index (χ0n) is 18.2. The van der Waals surface area contributed by atoms with Gasteiger partial charge in [0.05, 0.1) is 5.75 Å². The molecule has 33 heavy (non-hydrogen) atoms. The van der Waals surface area contributed by atoms with Crippen LogP contribution in [0.4, 0.5) is 5.82 Å². The lowest BCUT2D eigenvalue weighted by Crippen LogP contribution is -2.49. The largest absolute Gasteiger partial charge is 0.360 e. The van der Waals surface area contributed by atoms with Gasteiger partial charge in [-0.25, -0.2) is 4.98 Å². The molecule has 0 unspecified atom stereocenters. The van der Waals surface area contributed by atoms with E-state index in [0.717, 1.165) is 59.2 Å². The maximum absolute atomic E-state index is 12.9. The third kappa shape index (κ3) is 3.97. The van der Waals surface area contributed by atoms with Crippen molar-refractivity contribution in [3.05, 3.63) is 54.9 Å². The van der Waals surface area contributed by atoms with Crippen molar-refractivity contribution in [3.8, 4) is 11.4 Å². The molecule has 0 spiro atoms. The van der Waals surface area contributed by atoms with Crippen molar-refractivity contribution in [3.63, 3.8) is 0 Å². The van der Waals surface area contributed by atoms with Crippen LogP contribution in [-0.2, 0) is 4.79 Å². The zero-order chi connectivity index (χ0) is 22.2. The third-order valence-corrected chi connectivity index (χ3v) is 7.26. The molecule has 1 aromatic carbocycles. The molecule has 2 fully saturated rings. The first-order chi connectivity index (χ1) is 16.3. The number of aromatic nitrogens is 5. The van der Waals surface area contributed by atoms with E-state index in [9.17, 15) is 4.79 Å². The van der Waals surface area contributed by atoms with Gasteiger partial charge >= 0.3 is 0 Å². The predicted octanol–water partition coefficient (Wildman–Crippen LogP) is 3.60. The molecule has 168 valence electrons. The molecule has 1 saturated heterocycles. The fraction of sp³-hybridized carbons (Fsp3) is 0.333. The fourth-order valence-electron chi connectivity index (χ4n) is 4.42. The first kappa shape index (κ1) is 20.3. The first-order valence-corrected chi connectivity index (χ1v) is 12.3. The van der Waals surface area contributed by atoms with Crippen molar-refractivity contribution in [1.82, 2.24) is 29.6 Å². The lowest BCUT2D eigenvalue weighted by molar-refractivity contribution is -0.128. The van der Waals surface area contributed by atoms with E-state index in [2.05, 4.69) is 41.8 Å². The highest BCUT2D eigenvalue weighted by Gasteiger charge is 2.31. The van der Waals surface area contributed by atoms with Gasteiger partial charge in [-0.15, -0.1) is 10.2 Å². The summed E-state index contributed by atoms with van der Waals surface area (Å²) < 4.78 is 2.23. The van der Waals surface area contributed by atoms with Gasteiger partial charge in [0.25, 0.3) is 0 Å². The van der Waals surface area contributed by atoms with Crippen LogP contribution in [0.25, 0.3) is 22.3 Å². The smallest absolute Gasteiger partial charge is 0.233 e. The normalized spacial score (nSPS) is 16.5. The van der Waals surface area contributed by atoms with Crippen LogP contribution in [0.15, 0.2) is 60.0 Å². The van der Waals surface area contributed by atoms with Gasteiger partial charge in [0.2, 0.25) is 5.91 Å². The molecular weight excluding hydrogens is 434 g/mol. The van der Waals surface area contributed by atoms with E-state index in [1.165, 1.54) is 11.8 Å². The molecule has 1 aliphatic heterocycles. The number of pyridine rings is 1. The van der Waals surface area contributed by atoms with E-state index < -0.39 is 0 Å². The Balaban J connectivity index is 1.14. The molecular formula is C24H25N7OS. The van der Waals surface area contributed by atoms with Crippen molar-refractivity contribution in [1.29, 1.82) is 0 Å². The molecule has 1 amide bonds. The molecule has 8 nitrogen and oxygen atoms in total. The molecule has 9 heteroatoms. The second-order valence-electron chi connectivity index (χ2n) is 8.50. The van der Waals surface area contributed by atoms with Crippen LogP contribution in [0.2, 0.25) is 0 Å². The molecule has 0 bridgehead atoms. The number of aromatic amines is 1. The number of benzene rings is 1. The molecule has 1 N–H and O–H groups in total. The van der Waals surface area contributed by atoms with Crippen LogP contribution < -0.4 is 4.90 Å². The molecule has 1 aliphatic carbocycles. The number of piperazine rings is 1. The van der Waals surface area contributed by atoms with Crippen LogP contribution in [0.5, 0.6) is 0 Å². The summed E-state index contributed by atoms with van der Waals surface area (Å²) in [5.74, 6) is 2.39. The van der Waals surface area contributed by atoms with Crippen molar-refractivity contribution in [2.75, 3.05) is 36.8 Å². The van der Waals surface area contributed by atoms with Crippen LogP contribution in [0.3, 0.4) is 0 Å². The molecule has 0 atom stereocenters. The highest BCUT2D eigenvalue weighted by Crippen LogP contribution is 2.42. The number of hydrogen-bond donors (Lipinski definition) is 1. The minimum Gasteiger partial charge on any atom is -0.360 e. The average Bonchev–Trinajstić information content (AvgIpc) is 3.48. The zero-order valence-corrected chi connectivity index (χ0v) is 19.0. The van der Waals surface area contributed by atoms with Crippen LogP contribution in [0, 0.1) is 0 Å². The summed E-state index contributed by atoms with van der Waals surface area (Å²) in [6.45, 7) is 3.03. The quantitative estimate of drug-likeness (QED) is 0.444. The van der Waals surface area contributed by atoms with Gasteiger partial charge in [0, 0.05) is 61.1 Å². The number of carbonyl (C=O) groups excluding carboxylic acids is 1. The van der Waals surface area contributed by atoms with Crippen molar-refractivity contribution < 1.29 is 4.79 Å². The molecule has 4 heterocycles. The van der Waals surface area contributed by atoms with E-state index >= 15 is 0 Å². The van der Waals surface area contributed by atoms with Gasteiger partial charge in [0.1, 0.15) is 5.82 Å². The van der Waals surface area contributed by atoms with E-state index in [1.807, 2.05) is 47.6 Å². The third-order valence-electron chi connectivity index (χ3n) is 6.34. The summed E-state index contributed by atoms with van der Waals surface area (Å²) in [4.78, 5) is 24.9. The standard InChI is InChI=1S/C24H25N7OS/c32-22(30-13-11-29(12-14-30)21-7-3-4-10-25-21)16-33-24-28-27-23(31(24)17-8-9-17)19-15-26-20-6-2-1-5-18(19)20/h1-7,10,15,17,26H,8-9,11-14,16H2. The Bertz CT molecular complexity index is 1270. The Kier molecular flexibility index (Phi) is 5.26. The average molecular weight is 460 g/mol. The topological polar surface area (TPSA) is 82.9 Å². The van der Waals surface area contributed by atoms with Crippen LogP contribution in [-0.4, -0.2) is 67.5 Å². The summed E-state index contributed by atoms with van der Waals surface area (Å²) >= 11 is 1.50. The van der Waals surface area contributed by atoms with E-state index in [4.69, 9.17) is 0 Å². The highest BCUT2D eigenvalue weighted by atomic mass is 32.2. The van der Waals surface area contributed by atoms with Crippen molar-refractivity contribution in [2.24, 2.45) is 0 Å². The Hall–Kier alpha value is -3.33.